The van der Waals surface area contributed by atoms with Crippen molar-refractivity contribution in [2.75, 3.05) is 6.54 Å². The van der Waals surface area contributed by atoms with E-state index in [1.165, 1.54) is 23.4 Å². The van der Waals surface area contributed by atoms with Gasteiger partial charge in [0.25, 0.3) is 5.91 Å². The molecule has 1 amide bonds. The van der Waals surface area contributed by atoms with Crippen molar-refractivity contribution in [1.82, 2.24) is 25.5 Å². The van der Waals surface area contributed by atoms with Crippen molar-refractivity contribution in [1.29, 1.82) is 0 Å². The number of fused-ring (bicyclic) bond motifs is 2. The van der Waals surface area contributed by atoms with E-state index in [4.69, 9.17) is 0 Å². The maximum absolute atomic E-state index is 13.2. The van der Waals surface area contributed by atoms with Gasteiger partial charge in [-0.05, 0) is 43.4 Å². The molecule has 3 N–H and O–H groups in total. The number of nitrogens with one attached hydrogen (secondary N) is 3. The van der Waals surface area contributed by atoms with Crippen LogP contribution >= 0.6 is 0 Å². The van der Waals surface area contributed by atoms with Gasteiger partial charge in [0.05, 0.1) is 0 Å². The average Bonchev–Trinajstić information content (AvgIpc) is 3.32. The van der Waals surface area contributed by atoms with Crippen molar-refractivity contribution in [3.05, 3.63) is 58.3 Å². The van der Waals surface area contributed by atoms with Gasteiger partial charge in [0.1, 0.15) is 17.2 Å². The van der Waals surface area contributed by atoms with Gasteiger partial charge in [-0.1, -0.05) is 12.1 Å². The van der Waals surface area contributed by atoms with Crippen LogP contribution in [0.2, 0.25) is 0 Å². The first-order chi connectivity index (χ1) is 12.7. The second-order valence-electron chi connectivity index (χ2n) is 6.96. The molecule has 0 bridgehead atoms. The number of carbonyl (C=O) groups excluding carboxylic acids is 1. The molecule has 3 aromatic rings. The van der Waals surface area contributed by atoms with Crippen LogP contribution in [0.1, 0.15) is 45.3 Å². The summed E-state index contributed by atoms with van der Waals surface area (Å²) in [5.74, 6) is 0.269. The van der Waals surface area contributed by atoms with E-state index in [0.717, 1.165) is 36.2 Å². The standard InChI is InChI=1S/C19H18FN5O/c20-12-6-4-10(5-7-12)11-8-15-17(19(26)21-9-11)23-18(22-15)16-13-2-1-3-14(13)24-25-16/h4-7,11H,1-3,8-9H2,(H,21,26)(H,22,23)(H,24,25)/t11-/m0/s1. The van der Waals surface area contributed by atoms with Gasteiger partial charge in [-0.25, -0.2) is 9.37 Å². The van der Waals surface area contributed by atoms with Crippen LogP contribution in [0.4, 0.5) is 4.39 Å². The second-order valence-corrected chi connectivity index (χ2v) is 6.96. The molecule has 1 aliphatic carbocycles. The molecule has 0 radical (unpaired) electrons. The zero-order valence-electron chi connectivity index (χ0n) is 14.1. The van der Waals surface area contributed by atoms with E-state index >= 15 is 0 Å². The quantitative estimate of drug-likeness (QED) is 0.663. The molecule has 1 aliphatic heterocycles. The van der Waals surface area contributed by atoms with Crippen LogP contribution in [-0.2, 0) is 19.3 Å². The van der Waals surface area contributed by atoms with Gasteiger partial charge in [0.2, 0.25) is 0 Å². The highest BCUT2D eigenvalue weighted by molar-refractivity contribution is 5.94. The lowest BCUT2D eigenvalue weighted by Gasteiger charge is -2.14. The number of rotatable bonds is 2. The molecular formula is C19H18FN5O. The zero-order valence-corrected chi connectivity index (χ0v) is 14.1. The average molecular weight is 351 g/mol. The first kappa shape index (κ1) is 15.3. The third-order valence-corrected chi connectivity index (χ3v) is 5.33. The monoisotopic (exact) mass is 351 g/mol. The molecule has 0 saturated carbocycles. The van der Waals surface area contributed by atoms with Crippen LogP contribution < -0.4 is 5.32 Å². The van der Waals surface area contributed by atoms with Gasteiger partial charge in [-0.2, -0.15) is 5.10 Å². The summed E-state index contributed by atoms with van der Waals surface area (Å²) in [6.45, 7) is 0.502. The van der Waals surface area contributed by atoms with Crippen molar-refractivity contribution in [3.63, 3.8) is 0 Å². The Morgan fingerprint density at radius 1 is 1.08 bits per heavy atom. The van der Waals surface area contributed by atoms with E-state index in [-0.39, 0.29) is 17.6 Å². The Hall–Kier alpha value is -2.96. The third kappa shape index (κ3) is 2.42. The van der Waals surface area contributed by atoms with E-state index < -0.39 is 0 Å². The first-order valence-electron chi connectivity index (χ1n) is 8.88. The number of halogens is 1. The number of hydrogen-bond acceptors (Lipinski definition) is 3. The SMILES string of the molecule is O=C1NC[C@@H](c2ccc(F)cc2)Cc2[nH]c(-c3n[nH]c4c3CCC4)nc21. The Morgan fingerprint density at radius 3 is 2.77 bits per heavy atom. The molecule has 0 saturated heterocycles. The molecule has 0 spiro atoms. The summed E-state index contributed by atoms with van der Waals surface area (Å²) in [7, 11) is 0. The highest BCUT2D eigenvalue weighted by Crippen LogP contribution is 2.31. The lowest BCUT2D eigenvalue weighted by molar-refractivity contribution is 0.0950. The lowest BCUT2D eigenvalue weighted by atomic mass is 9.94. The highest BCUT2D eigenvalue weighted by Gasteiger charge is 2.28. The minimum atomic E-state index is -0.261. The molecule has 132 valence electrons. The van der Waals surface area contributed by atoms with E-state index in [1.807, 2.05) is 0 Å². The smallest absolute Gasteiger partial charge is 0.271 e. The van der Waals surface area contributed by atoms with Crippen LogP contribution in [-0.4, -0.2) is 32.6 Å². The predicted molar refractivity (Wildman–Crippen MR) is 93.4 cm³/mol. The molecule has 7 heteroatoms. The van der Waals surface area contributed by atoms with Gasteiger partial charge < -0.3 is 10.3 Å². The van der Waals surface area contributed by atoms with E-state index in [0.29, 0.717) is 24.5 Å². The van der Waals surface area contributed by atoms with Gasteiger partial charge in [-0.15, -0.1) is 0 Å². The maximum atomic E-state index is 13.2. The summed E-state index contributed by atoms with van der Waals surface area (Å²) >= 11 is 0. The van der Waals surface area contributed by atoms with Crippen molar-refractivity contribution >= 4 is 5.91 Å². The van der Waals surface area contributed by atoms with Crippen LogP contribution in [0.25, 0.3) is 11.5 Å². The normalized spacial score (nSPS) is 19.0. The van der Waals surface area contributed by atoms with Crippen molar-refractivity contribution in [2.24, 2.45) is 0 Å². The Bertz CT molecular complexity index is 988. The van der Waals surface area contributed by atoms with Crippen molar-refractivity contribution < 1.29 is 9.18 Å². The van der Waals surface area contributed by atoms with Crippen LogP contribution in [0.3, 0.4) is 0 Å². The topological polar surface area (TPSA) is 86.5 Å². The summed E-state index contributed by atoms with van der Waals surface area (Å²) in [6, 6.07) is 6.45. The summed E-state index contributed by atoms with van der Waals surface area (Å²) in [5.41, 5.74) is 5.41. The molecule has 0 fully saturated rings. The first-order valence-corrected chi connectivity index (χ1v) is 8.88. The van der Waals surface area contributed by atoms with E-state index in [2.05, 4.69) is 25.5 Å². The predicted octanol–water partition coefficient (Wildman–Crippen LogP) is 2.50. The number of aromatic amines is 2. The Kier molecular flexibility index (Phi) is 3.41. The number of amides is 1. The Balaban J connectivity index is 1.51. The number of carbonyl (C=O) groups is 1. The van der Waals surface area contributed by atoms with Crippen LogP contribution in [0, 0.1) is 5.82 Å². The number of H-pyrrole nitrogens is 2. The number of aromatic nitrogens is 4. The maximum Gasteiger partial charge on any atom is 0.271 e. The molecule has 26 heavy (non-hydrogen) atoms. The fourth-order valence-electron chi connectivity index (χ4n) is 3.96. The molecular weight excluding hydrogens is 333 g/mol. The Labute approximate surface area is 149 Å². The van der Waals surface area contributed by atoms with Gasteiger partial charge >= 0.3 is 0 Å². The number of imidazole rings is 1. The molecule has 1 atom stereocenters. The summed E-state index contributed by atoms with van der Waals surface area (Å²) in [4.78, 5) is 20.3. The molecule has 2 aliphatic rings. The van der Waals surface area contributed by atoms with E-state index in [1.54, 1.807) is 12.1 Å². The lowest BCUT2D eigenvalue weighted by Crippen LogP contribution is -2.26. The van der Waals surface area contributed by atoms with Gasteiger partial charge in [0, 0.05) is 29.4 Å². The summed E-state index contributed by atoms with van der Waals surface area (Å²) < 4.78 is 13.2. The van der Waals surface area contributed by atoms with Crippen LogP contribution in [0.15, 0.2) is 24.3 Å². The molecule has 2 aromatic heterocycles. The van der Waals surface area contributed by atoms with Gasteiger partial charge in [-0.3, -0.25) is 9.89 Å². The molecule has 0 unspecified atom stereocenters. The summed E-state index contributed by atoms with van der Waals surface area (Å²) in [6.07, 6.45) is 3.75. The molecule has 1 aromatic carbocycles. The summed E-state index contributed by atoms with van der Waals surface area (Å²) in [5, 5.41) is 10.4. The van der Waals surface area contributed by atoms with E-state index in [9.17, 15) is 9.18 Å². The minimum Gasteiger partial charge on any atom is -0.350 e. The number of benzene rings is 1. The number of nitrogens with zero attached hydrogens (tertiary/aromatic N) is 2. The zero-order chi connectivity index (χ0) is 17.7. The third-order valence-electron chi connectivity index (χ3n) is 5.33. The second kappa shape index (κ2) is 5.79. The number of aryl methyl sites for hydroxylation is 1. The molecule has 5 rings (SSSR count). The van der Waals surface area contributed by atoms with Gasteiger partial charge in [0.15, 0.2) is 5.82 Å². The fourth-order valence-corrected chi connectivity index (χ4v) is 3.96. The van der Waals surface area contributed by atoms with Crippen molar-refractivity contribution in [3.8, 4) is 11.5 Å². The highest BCUT2D eigenvalue weighted by atomic mass is 19.1. The number of hydrogen-bond donors (Lipinski definition) is 3. The molecule has 6 nitrogen and oxygen atoms in total. The fraction of sp³-hybridized carbons (Fsp3) is 0.316. The molecule has 3 heterocycles. The van der Waals surface area contributed by atoms with Crippen LogP contribution in [0.5, 0.6) is 0 Å². The minimum absolute atomic E-state index is 0.0685. The Morgan fingerprint density at radius 2 is 1.92 bits per heavy atom. The van der Waals surface area contributed by atoms with Crippen molar-refractivity contribution in [2.45, 2.75) is 31.6 Å². The largest absolute Gasteiger partial charge is 0.350 e.